The lowest BCUT2D eigenvalue weighted by molar-refractivity contribution is 0.124. The van der Waals surface area contributed by atoms with Crippen molar-refractivity contribution in [1.82, 2.24) is 10.3 Å². The molecule has 13 heavy (non-hydrogen) atoms. The fraction of sp³-hybridized carbons (Fsp3) is 0.667. The van der Waals surface area contributed by atoms with E-state index < -0.39 is 0 Å². The summed E-state index contributed by atoms with van der Waals surface area (Å²) in [6.45, 7) is 5.46. The van der Waals surface area contributed by atoms with E-state index in [1.807, 2.05) is 20.9 Å². The molecule has 0 radical (unpaired) electrons. The molecule has 1 heterocycles. The summed E-state index contributed by atoms with van der Waals surface area (Å²) in [5.41, 5.74) is 1.08. The second-order valence-corrected chi connectivity index (χ2v) is 3.85. The van der Waals surface area contributed by atoms with Gasteiger partial charge in [0.2, 0.25) is 0 Å². The van der Waals surface area contributed by atoms with Crippen LogP contribution in [0.25, 0.3) is 0 Å². The number of hydrogen-bond acceptors (Lipinski definition) is 4. The van der Waals surface area contributed by atoms with Gasteiger partial charge < -0.3 is 10.1 Å². The lowest BCUT2D eigenvalue weighted by atomic mass is 10.2. The smallest absolute Gasteiger partial charge is 0.0898 e. The molecule has 0 spiro atoms. The number of nitrogens with zero attached hydrogens (tertiary/aromatic N) is 1. The van der Waals surface area contributed by atoms with Crippen molar-refractivity contribution in [2.24, 2.45) is 0 Å². The van der Waals surface area contributed by atoms with Gasteiger partial charge in [-0.05, 0) is 20.9 Å². The summed E-state index contributed by atoms with van der Waals surface area (Å²) in [7, 11) is 1.93. The predicted octanol–water partition coefficient (Wildman–Crippen LogP) is 1.75. The Bertz CT molecular complexity index is 250. The van der Waals surface area contributed by atoms with Crippen LogP contribution < -0.4 is 5.32 Å². The zero-order valence-electron chi connectivity index (χ0n) is 8.33. The molecular formula is C9H16N2OS. The molecule has 1 N–H and O–H groups in total. The van der Waals surface area contributed by atoms with Crippen molar-refractivity contribution in [3.8, 4) is 0 Å². The number of nitrogens with one attached hydrogen (secondary N) is 1. The molecule has 0 amide bonds. The molecule has 1 atom stereocenters. The van der Waals surface area contributed by atoms with Crippen molar-refractivity contribution >= 4 is 11.3 Å². The summed E-state index contributed by atoms with van der Waals surface area (Å²) in [6.07, 6.45) is 0. The highest BCUT2D eigenvalue weighted by atomic mass is 32.1. The highest BCUT2D eigenvalue weighted by molar-refractivity contribution is 7.09. The highest BCUT2D eigenvalue weighted by Gasteiger charge is 2.11. The van der Waals surface area contributed by atoms with Crippen LogP contribution in [-0.4, -0.2) is 25.2 Å². The normalized spacial score (nSPS) is 13.2. The van der Waals surface area contributed by atoms with Crippen LogP contribution in [0.3, 0.4) is 0 Å². The number of aromatic nitrogens is 1. The lowest BCUT2D eigenvalue weighted by Gasteiger charge is -2.12. The van der Waals surface area contributed by atoms with E-state index in [9.17, 15) is 0 Å². The molecule has 74 valence electrons. The quantitative estimate of drug-likeness (QED) is 0.786. The van der Waals surface area contributed by atoms with Crippen molar-refractivity contribution in [3.05, 3.63) is 16.1 Å². The van der Waals surface area contributed by atoms with Gasteiger partial charge in [0.1, 0.15) is 0 Å². The molecule has 1 rings (SSSR count). The Kier molecular flexibility index (Phi) is 4.35. The first-order valence-corrected chi connectivity index (χ1v) is 5.33. The van der Waals surface area contributed by atoms with Gasteiger partial charge in [0, 0.05) is 12.0 Å². The van der Waals surface area contributed by atoms with Gasteiger partial charge in [0.25, 0.3) is 0 Å². The third-order valence-corrected chi connectivity index (χ3v) is 2.62. The average Bonchev–Trinajstić information content (AvgIpc) is 2.54. The third kappa shape index (κ3) is 3.06. The maximum absolute atomic E-state index is 5.35. The summed E-state index contributed by atoms with van der Waals surface area (Å²) in [6, 6.07) is 0.227. The molecule has 0 saturated heterocycles. The standard InChI is InChI=1S/C9H16N2OS/c1-4-12-5-8(10-3)9-6-13-7(2)11-9/h6,8,10H,4-5H2,1-3H3. The Morgan fingerprint density at radius 1 is 1.69 bits per heavy atom. The molecule has 1 aromatic rings. The van der Waals surface area contributed by atoms with Gasteiger partial charge in [0.05, 0.1) is 23.4 Å². The highest BCUT2D eigenvalue weighted by Crippen LogP contribution is 2.15. The Morgan fingerprint density at radius 2 is 2.46 bits per heavy atom. The summed E-state index contributed by atoms with van der Waals surface area (Å²) in [4.78, 5) is 4.41. The molecule has 0 bridgehead atoms. The van der Waals surface area contributed by atoms with Gasteiger partial charge >= 0.3 is 0 Å². The van der Waals surface area contributed by atoms with Crippen molar-refractivity contribution in [2.45, 2.75) is 19.9 Å². The second kappa shape index (κ2) is 5.32. The Labute approximate surface area is 83.1 Å². The maximum atomic E-state index is 5.35. The van der Waals surface area contributed by atoms with E-state index in [4.69, 9.17) is 4.74 Å². The van der Waals surface area contributed by atoms with Gasteiger partial charge in [-0.3, -0.25) is 0 Å². The molecule has 3 nitrogen and oxygen atoms in total. The van der Waals surface area contributed by atoms with Crippen LogP contribution in [0.5, 0.6) is 0 Å². The maximum Gasteiger partial charge on any atom is 0.0898 e. The Balaban J connectivity index is 2.56. The molecular weight excluding hydrogens is 184 g/mol. The summed E-state index contributed by atoms with van der Waals surface area (Å²) in [5, 5.41) is 6.37. The van der Waals surface area contributed by atoms with E-state index >= 15 is 0 Å². The zero-order chi connectivity index (χ0) is 9.68. The van der Waals surface area contributed by atoms with Crippen LogP contribution in [-0.2, 0) is 4.74 Å². The summed E-state index contributed by atoms with van der Waals surface area (Å²) >= 11 is 1.67. The number of likely N-dealkylation sites (N-methyl/N-ethyl adjacent to an activating group) is 1. The van der Waals surface area contributed by atoms with E-state index in [2.05, 4.69) is 15.7 Å². The molecule has 0 saturated carbocycles. The summed E-state index contributed by atoms with van der Waals surface area (Å²) in [5.74, 6) is 0. The minimum absolute atomic E-state index is 0.227. The molecule has 0 aliphatic carbocycles. The fourth-order valence-corrected chi connectivity index (χ4v) is 1.76. The van der Waals surface area contributed by atoms with Crippen LogP contribution in [0.4, 0.5) is 0 Å². The van der Waals surface area contributed by atoms with Gasteiger partial charge in [0.15, 0.2) is 0 Å². The van der Waals surface area contributed by atoms with Crippen LogP contribution in [0.2, 0.25) is 0 Å². The van der Waals surface area contributed by atoms with Crippen LogP contribution in [0.1, 0.15) is 23.7 Å². The van der Waals surface area contributed by atoms with Gasteiger partial charge in [-0.15, -0.1) is 11.3 Å². The first kappa shape index (κ1) is 10.6. The molecule has 0 aliphatic rings. The number of aryl methyl sites for hydroxylation is 1. The SMILES string of the molecule is CCOCC(NC)c1csc(C)n1. The Morgan fingerprint density at radius 3 is 2.92 bits per heavy atom. The fourth-order valence-electron chi connectivity index (χ4n) is 1.09. The van der Waals surface area contributed by atoms with E-state index in [1.54, 1.807) is 11.3 Å². The molecule has 4 heteroatoms. The van der Waals surface area contributed by atoms with Gasteiger partial charge in [-0.1, -0.05) is 0 Å². The number of thiazole rings is 1. The zero-order valence-corrected chi connectivity index (χ0v) is 9.15. The van der Waals surface area contributed by atoms with Gasteiger partial charge in [-0.25, -0.2) is 4.98 Å². The van der Waals surface area contributed by atoms with E-state index in [-0.39, 0.29) is 6.04 Å². The number of hydrogen-bond donors (Lipinski definition) is 1. The minimum atomic E-state index is 0.227. The first-order chi connectivity index (χ1) is 6.27. The predicted molar refractivity (Wildman–Crippen MR) is 55.1 cm³/mol. The average molecular weight is 200 g/mol. The molecule has 0 fully saturated rings. The van der Waals surface area contributed by atoms with Crippen LogP contribution in [0, 0.1) is 6.92 Å². The first-order valence-electron chi connectivity index (χ1n) is 4.45. The molecule has 0 aliphatic heterocycles. The van der Waals surface area contributed by atoms with Crippen LogP contribution >= 0.6 is 11.3 Å². The molecule has 1 aromatic heterocycles. The molecule has 0 aromatic carbocycles. The van der Waals surface area contributed by atoms with E-state index in [1.165, 1.54) is 0 Å². The number of ether oxygens (including phenoxy) is 1. The number of rotatable bonds is 5. The monoisotopic (exact) mass is 200 g/mol. The van der Waals surface area contributed by atoms with Crippen molar-refractivity contribution in [2.75, 3.05) is 20.3 Å². The topological polar surface area (TPSA) is 34.1 Å². The summed E-state index contributed by atoms with van der Waals surface area (Å²) < 4.78 is 5.35. The van der Waals surface area contributed by atoms with E-state index in [0.717, 1.165) is 17.3 Å². The minimum Gasteiger partial charge on any atom is -0.380 e. The van der Waals surface area contributed by atoms with Crippen LogP contribution in [0.15, 0.2) is 5.38 Å². The Hall–Kier alpha value is -0.450. The van der Waals surface area contributed by atoms with Gasteiger partial charge in [-0.2, -0.15) is 0 Å². The van der Waals surface area contributed by atoms with Crippen molar-refractivity contribution in [3.63, 3.8) is 0 Å². The lowest BCUT2D eigenvalue weighted by Crippen LogP contribution is -2.22. The third-order valence-electron chi connectivity index (χ3n) is 1.83. The van der Waals surface area contributed by atoms with Crippen molar-refractivity contribution in [1.29, 1.82) is 0 Å². The molecule has 1 unspecified atom stereocenters. The van der Waals surface area contributed by atoms with Crippen molar-refractivity contribution < 1.29 is 4.74 Å². The second-order valence-electron chi connectivity index (χ2n) is 2.79. The van der Waals surface area contributed by atoms with E-state index in [0.29, 0.717) is 6.61 Å². The largest absolute Gasteiger partial charge is 0.380 e.